The summed E-state index contributed by atoms with van der Waals surface area (Å²) >= 11 is 1.51. The van der Waals surface area contributed by atoms with Crippen LogP contribution in [0.3, 0.4) is 0 Å². The van der Waals surface area contributed by atoms with Gasteiger partial charge in [-0.2, -0.15) is 0 Å². The van der Waals surface area contributed by atoms with E-state index >= 15 is 0 Å². The van der Waals surface area contributed by atoms with E-state index in [4.69, 9.17) is 5.11 Å². The minimum absolute atomic E-state index is 0.166. The van der Waals surface area contributed by atoms with E-state index < -0.39 is 11.8 Å². The largest absolute Gasteiger partial charge is 0.394 e. The van der Waals surface area contributed by atoms with Crippen LogP contribution in [0.2, 0.25) is 0 Å². The van der Waals surface area contributed by atoms with Crippen LogP contribution in [0.15, 0.2) is 17.5 Å². The van der Waals surface area contributed by atoms with E-state index in [2.05, 4.69) is 10.6 Å². The second-order valence-corrected chi connectivity index (χ2v) is 4.56. The van der Waals surface area contributed by atoms with Crippen LogP contribution in [0.5, 0.6) is 0 Å². The standard InChI is InChI=1S/C11H16N2O3S/c1-2-8(7-14)13-11(16)10(15)12-6-9-4-3-5-17-9/h3-5,8,14H,2,6-7H2,1H3,(H,12,15)(H,13,16)/t8-/m0/s1. The Kier molecular flexibility index (Phi) is 5.65. The average Bonchev–Trinajstić information content (AvgIpc) is 2.85. The molecule has 1 aromatic heterocycles. The summed E-state index contributed by atoms with van der Waals surface area (Å²) < 4.78 is 0. The molecule has 3 N–H and O–H groups in total. The number of nitrogens with one attached hydrogen (secondary N) is 2. The molecule has 0 saturated carbocycles. The number of carbonyl (C=O) groups is 2. The molecule has 2 amide bonds. The molecule has 0 aliphatic heterocycles. The predicted molar refractivity (Wildman–Crippen MR) is 65.5 cm³/mol. The van der Waals surface area contributed by atoms with E-state index in [9.17, 15) is 9.59 Å². The Morgan fingerprint density at radius 3 is 2.76 bits per heavy atom. The molecule has 0 aliphatic rings. The Morgan fingerprint density at radius 2 is 2.24 bits per heavy atom. The molecule has 94 valence electrons. The first-order valence-corrected chi connectivity index (χ1v) is 6.27. The molecule has 1 heterocycles. The number of rotatable bonds is 5. The van der Waals surface area contributed by atoms with E-state index in [0.717, 1.165) is 4.88 Å². The number of hydrogen-bond donors (Lipinski definition) is 3. The van der Waals surface area contributed by atoms with Crippen molar-refractivity contribution in [2.45, 2.75) is 25.9 Å². The second-order valence-electron chi connectivity index (χ2n) is 3.52. The minimum Gasteiger partial charge on any atom is -0.394 e. The van der Waals surface area contributed by atoms with Gasteiger partial charge in [0.25, 0.3) is 0 Å². The van der Waals surface area contributed by atoms with Crippen molar-refractivity contribution in [3.05, 3.63) is 22.4 Å². The SMILES string of the molecule is CC[C@@H](CO)NC(=O)C(=O)NCc1cccs1. The van der Waals surface area contributed by atoms with Crippen molar-refractivity contribution >= 4 is 23.2 Å². The van der Waals surface area contributed by atoms with Gasteiger partial charge in [-0.3, -0.25) is 9.59 Å². The number of carbonyl (C=O) groups excluding carboxylic acids is 2. The highest BCUT2D eigenvalue weighted by atomic mass is 32.1. The maximum atomic E-state index is 11.4. The summed E-state index contributed by atoms with van der Waals surface area (Å²) in [4.78, 5) is 23.8. The van der Waals surface area contributed by atoms with Gasteiger partial charge in [0, 0.05) is 4.88 Å². The predicted octanol–water partition coefficient (Wildman–Crippen LogP) is 0.251. The van der Waals surface area contributed by atoms with Crippen LogP contribution < -0.4 is 10.6 Å². The first-order valence-electron chi connectivity index (χ1n) is 5.39. The molecule has 0 aromatic carbocycles. The first kappa shape index (κ1) is 13.7. The molecule has 6 heteroatoms. The number of thiophene rings is 1. The molecule has 5 nitrogen and oxygen atoms in total. The molecule has 1 aromatic rings. The number of aliphatic hydroxyl groups is 1. The quantitative estimate of drug-likeness (QED) is 0.661. The van der Waals surface area contributed by atoms with Gasteiger partial charge in [-0.25, -0.2) is 0 Å². The Morgan fingerprint density at radius 1 is 1.47 bits per heavy atom. The number of amides is 2. The summed E-state index contributed by atoms with van der Waals surface area (Å²) in [6, 6.07) is 3.39. The van der Waals surface area contributed by atoms with Gasteiger partial charge in [0.05, 0.1) is 19.2 Å². The maximum absolute atomic E-state index is 11.4. The highest BCUT2D eigenvalue weighted by molar-refractivity contribution is 7.09. The summed E-state index contributed by atoms with van der Waals surface area (Å²) in [6.45, 7) is 2.00. The average molecular weight is 256 g/mol. The van der Waals surface area contributed by atoms with E-state index in [0.29, 0.717) is 13.0 Å². The Bertz CT molecular complexity index is 361. The van der Waals surface area contributed by atoms with Gasteiger partial charge in [0.1, 0.15) is 0 Å². The lowest BCUT2D eigenvalue weighted by Gasteiger charge is -2.13. The van der Waals surface area contributed by atoms with E-state index in [-0.39, 0.29) is 12.6 Å². The van der Waals surface area contributed by atoms with Crippen molar-refractivity contribution in [1.82, 2.24) is 10.6 Å². The van der Waals surface area contributed by atoms with Crippen LogP contribution in [-0.4, -0.2) is 29.6 Å². The molecule has 17 heavy (non-hydrogen) atoms. The summed E-state index contributed by atoms with van der Waals surface area (Å²) in [5, 5.41) is 15.8. The van der Waals surface area contributed by atoms with E-state index in [1.54, 1.807) is 0 Å². The smallest absolute Gasteiger partial charge is 0.309 e. The monoisotopic (exact) mass is 256 g/mol. The van der Waals surface area contributed by atoms with Crippen molar-refractivity contribution in [2.75, 3.05) is 6.61 Å². The molecular formula is C11H16N2O3S. The molecule has 1 atom stereocenters. The van der Waals surface area contributed by atoms with Crippen molar-refractivity contribution in [1.29, 1.82) is 0 Å². The Balaban J connectivity index is 2.34. The third kappa shape index (κ3) is 4.54. The van der Waals surface area contributed by atoms with Gasteiger partial charge in [-0.15, -0.1) is 11.3 Å². The van der Waals surface area contributed by atoms with Gasteiger partial charge in [-0.1, -0.05) is 13.0 Å². The van der Waals surface area contributed by atoms with Gasteiger partial charge in [0.2, 0.25) is 0 Å². The molecule has 0 aliphatic carbocycles. The van der Waals surface area contributed by atoms with Crippen LogP contribution in [0, 0.1) is 0 Å². The van der Waals surface area contributed by atoms with Gasteiger partial charge < -0.3 is 15.7 Å². The normalized spacial score (nSPS) is 11.9. The molecule has 1 rings (SSSR count). The minimum atomic E-state index is -0.706. The fraction of sp³-hybridized carbons (Fsp3) is 0.455. The second kappa shape index (κ2) is 7.03. The van der Waals surface area contributed by atoms with Crippen molar-refractivity contribution in [3.8, 4) is 0 Å². The zero-order valence-electron chi connectivity index (χ0n) is 9.60. The fourth-order valence-electron chi connectivity index (χ4n) is 1.19. The lowest BCUT2D eigenvalue weighted by molar-refractivity contribution is -0.139. The Labute approximate surface area is 104 Å². The third-order valence-electron chi connectivity index (χ3n) is 2.26. The molecule has 0 unspecified atom stereocenters. The topological polar surface area (TPSA) is 78.4 Å². The lowest BCUT2D eigenvalue weighted by atomic mass is 10.2. The van der Waals surface area contributed by atoms with E-state index in [1.165, 1.54) is 11.3 Å². The zero-order valence-corrected chi connectivity index (χ0v) is 10.4. The third-order valence-corrected chi connectivity index (χ3v) is 3.13. The van der Waals surface area contributed by atoms with Crippen LogP contribution in [0.4, 0.5) is 0 Å². The van der Waals surface area contributed by atoms with E-state index in [1.807, 2.05) is 24.4 Å². The molecule has 0 radical (unpaired) electrons. The van der Waals surface area contributed by atoms with Gasteiger partial charge in [0.15, 0.2) is 0 Å². The summed E-state index contributed by atoms with van der Waals surface area (Å²) in [5.74, 6) is -1.38. The van der Waals surface area contributed by atoms with Crippen LogP contribution in [0.25, 0.3) is 0 Å². The zero-order chi connectivity index (χ0) is 12.7. The summed E-state index contributed by atoms with van der Waals surface area (Å²) in [6.07, 6.45) is 0.584. The van der Waals surface area contributed by atoms with Crippen LogP contribution >= 0.6 is 11.3 Å². The molecule has 0 fully saturated rings. The molecule has 0 spiro atoms. The Hall–Kier alpha value is -1.40. The van der Waals surface area contributed by atoms with Crippen LogP contribution in [-0.2, 0) is 16.1 Å². The first-order chi connectivity index (χ1) is 8.17. The van der Waals surface area contributed by atoms with Crippen LogP contribution in [0.1, 0.15) is 18.2 Å². The highest BCUT2D eigenvalue weighted by Gasteiger charge is 2.16. The maximum Gasteiger partial charge on any atom is 0.309 e. The van der Waals surface area contributed by atoms with Crippen molar-refractivity contribution in [3.63, 3.8) is 0 Å². The molecule has 0 bridgehead atoms. The summed E-state index contributed by atoms with van der Waals surface area (Å²) in [5.41, 5.74) is 0. The number of hydrogen-bond acceptors (Lipinski definition) is 4. The molecular weight excluding hydrogens is 240 g/mol. The van der Waals surface area contributed by atoms with Crippen molar-refractivity contribution < 1.29 is 14.7 Å². The highest BCUT2D eigenvalue weighted by Crippen LogP contribution is 2.07. The summed E-state index contributed by atoms with van der Waals surface area (Å²) in [7, 11) is 0. The van der Waals surface area contributed by atoms with Gasteiger partial charge >= 0.3 is 11.8 Å². The lowest BCUT2D eigenvalue weighted by Crippen LogP contribution is -2.45. The van der Waals surface area contributed by atoms with Crippen molar-refractivity contribution in [2.24, 2.45) is 0 Å². The van der Waals surface area contributed by atoms with Gasteiger partial charge in [-0.05, 0) is 17.9 Å². The fourth-order valence-corrected chi connectivity index (χ4v) is 1.83. The number of aliphatic hydroxyl groups excluding tert-OH is 1. The molecule has 0 saturated heterocycles.